The van der Waals surface area contributed by atoms with Crippen LogP contribution in [0.3, 0.4) is 0 Å². The second-order valence-electron chi connectivity index (χ2n) is 6.91. The highest BCUT2D eigenvalue weighted by Crippen LogP contribution is 2.20. The number of aliphatic imine (C=N–C) groups is 1. The third kappa shape index (κ3) is 6.94. The van der Waals surface area contributed by atoms with Gasteiger partial charge in [0.15, 0.2) is 5.96 Å². The quantitative estimate of drug-likeness (QED) is 0.549. The molecule has 0 radical (unpaired) electrons. The van der Waals surface area contributed by atoms with E-state index in [9.17, 15) is 0 Å². The van der Waals surface area contributed by atoms with Gasteiger partial charge in [0.2, 0.25) is 0 Å². The van der Waals surface area contributed by atoms with Crippen LogP contribution in [-0.4, -0.2) is 64.7 Å². The molecule has 1 rings (SSSR count). The Labute approximate surface area is 135 Å². The number of nitrogens with one attached hydrogen (secondary N) is 2. The first-order chi connectivity index (χ1) is 10.4. The Balaban J connectivity index is 2.31. The summed E-state index contributed by atoms with van der Waals surface area (Å²) in [7, 11) is 3.51. The maximum Gasteiger partial charge on any atom is 0.191 e. The minimum Gasteiger partial charge on any atom is -0.379 e. The zero-order chi connectivity index (χ0) is 16.6. The number of hydrogen-bond acceptors (Lipinski definition) is 4. The van der Waals surface area contributed by atoms with Crippen molar-refractivity contribution in [2.75, 3.05) is 40.5 Å². The molecule has 0 amide bonds. The van der Waals surface area contributed by atoms with Crippen LogP contribution in [0, 0.1) is 5.41 Å². The zero-order valence-corrected chi connectivity index (χ0v) is 14.9. The summed E-state index contributed by atoms with van der Waals surface area (Å²) >= 11 is 0. The number of methoxy groups -OCH3 is 1. The van der Waals surface area contributed by atoms with E-state index in [2.05, 4.69) is 43.3 Å². The lowest BCUT2D eigenvalue weighted by Gasteiger charge is -2.30. The fourth-order valence-corrected chi connectivity index (χ4v) is 2.33. The van der Waals surface area contributed by atoms with E-state index in [0.717, 1.165) is 19.0 Å². The maximum atomic E-state index is 5.82. The molecule has 1 saturated heterocycles. The van der Waals surface area contributed by atoms with E-state index in [-0.39, 0.29) is 23.7 Å². The first-order valence-electron chi connectivity index (χ1n) is 8.06. The second-order valence-corrected chi connectivity index (χ2v) is 6.91. The molecule has 130 valence electrons. The van der Waals surface area contributed by atoms with Gasteiger partial charge < -0.3 is 24.8 Å². The van der Waals surface area contributed by atoms with Gasteiger partial charge in [-0.1, -0.05) is 20.8 Å². The molecule has 2 N–H and O–H groups in total. The van der Waals surface area contributed by atoms with Crippen LogP contribution in [0.5, 0.6) is 0 Å². The summed E-state index contributed by atoms with van der Waals surface area (Å²) in [4.78, 5) is 4.25. The molecular formula is C16H33N3O3. The van der Waals surface area contributed by atoms with Crippen LogP contribution in [0.25, 0.3) is 0 Å². The minimum atomic E-state index is 0.0812. The van der Waals surface area contributed by atoms with Gasteiger partial charge in [-0.05, 0) is 18.8 Å². The average molecular weight is 315 g/mol. The Bertz CT molecular complexity index is 336. The van der Waals surface area contributed by atoms with Crippen molar-refractivity contribution in [1.82, 2.24) is 10.6 Å². The van der Waals surface area contributed by atoms with E-state index in [4.69, 9.17) is 14.2 Å². The van der Waals surface area contributed by atoms with Crippen molar-refractivity contribution in [1.29, 1.82) is 0 Å². The number of hydrogen-bond donors (Lipinski definition) is 2. The largest absolute Gasteiger partial charge is 0.379 e. The second kappa shape index (κ2) is 9.33. The molecule has 1 aliphatic heterocycles. The van der Waals surface area contributed by atoms with Crippen LogP contribution in [0.2, 0.25) is 0 Å². The lowest BCUT2D eigenvalue weighted by Crippen LogP contribution is -2.48. The normalized spacial score (nSPS) is 22.5. The van der Waals surface area contributed by atoms with Crippen molar-refractivity contribution in [3.8, 4) is 0 Å². The van der Waals surface area contributed by atoms with Gasteiger partial charge in [0.25, 0.3) is 0 Å². The summed E-state index contributed by atoms with van der Waals surface area (Å²) < 4.78 is 16.7. The molecule has 1 heterocycles. The molecule has 0 bridgehead atoms. The van der Waals surface area contributed by atoms with Crippen LogP contribution in [0.4, 0.5) is 0 Å². The molecule has 3 unspecified atom stereocenters. The van der Waals surface area contributed by atoms with E-state index in [1.807, 2.05) is 0 Å². The summed E-state index contributed by atoms with van der Waals surface area (Å²) in [5.41, 5.74) is 0.0812. The predicted molar refractivity (Wildman–Crippen MR) is 89.4 cm³/mol. The van der Waals surface area contributed by atoms with Crippen LogP contribution >= 0.6 is 0 Å². The summed E-state index contributed by atoms with van der Waals surface area (Å²) in [5, 5.41) is 6.66. The first kappa shape index (κ1) is 19.2. The third-order valence-corrected chi connectivity index (χ3v) is 3.78. The number of guanidine groups is 1. The highest BCUT2D eigenvalue weighted by atomic mass is 16.5. The maximum absolute atomic E-state index is 5.82. The molecule has 1 fully saturated rings. The summed E-state index contributed by atoms with van der Waals surface area (Å²) in [6, 6.07) is 0.183. The highest BCUT2D eigenvalue weighted by molar-refractivity contribution is 5.79. The molecular weight excluding hydrogens is 282 g/mol. The van der Waals surface area contributed by atoms with Crippen LogP contribution in [-0.2, 0) is 14.2 Å². The Morgan fingerprint density at radius 1 is 1.41 bits per heavy atom. The predicted octanol–water partition coefficient (Wildman–Crippen LogP) is 1.41. The van der Waals surface area contributed by atoms with Gasteiger partial charge in [0, 0.05) is 33.4 Å². The Morgan fingerprint density at radius 2 is 2.14 bits per heavy atom. The minimum absolute atomic E-state index is 0.0812. The third-order valence-electron chi connectivity index (χ3n) is 3.78. The van der Waals surface area contributed by atoms with E-state index >= 15 is 0 Å². The molecule has 6 heteroatoms. The van der Waals surface area contributed by atoms with E-state index < -0.39 is 0 Å². The summed E-state index contributed by atoms with van der Waals surface area (Å²) in [6.07, 6.45) is 1.34. The molecule has 22 heavy (non-hydrogen) atoms. The van der Waals surface area contributed by atoms with E-state index in [1.54, 1.807) is 14.2 Å². The van der Waals surface area contributed by atoms with E-state index in [0.29, 0.717) is 19.8 Å². The summed E-state index contributed by atoms with van der Waals surface area (Å²) in [6.45, 7) is 11.4. The average Bonchev–Trinajstić information content (AvgIpc) is 2.96. The van der Waals surface area contributed by atoms with Crippen LogP contribution in [0.1, 0.15) is 34.1 Å². The monoisotopic (exact) mass is 315 g/mol. The Hall–Kier alpha value is -0.850. The smallest absolute Gasteiger partial charge is 0.191 e. The number of rotatable bonds is 7. The van der Waals surface area contributed by atoms with Gasteiger partial charge in [-0.3, -0.25) is 4.99 Å². The Kier molecular flexibility index (Phi) is 8.14. The molecule has 1 aliphatic rings. The molecule has 0 aromatic rings. The molecule has 6 nitrogen and oxygen atoms in total. The Morgan fingerprint density at radius 3 is 2.64 bits per heavy atom. The van der Waals surface area contributed by atoms with Crippen molar-refractivity contribution in [2.24, 2.45) is 10.4 Å². The molecule has 0 spiro atoms. The van der Waals surface area contributed by atoms with Gasteiger partial charge in [0.05, 0.1) is 25.4 Å². The van der Waals surface area contributed by atoms with Gasteiger partial charge in [-0.15, -0.1) is 0 Å². The van der Waals surface area contributed by atoms with Crippen LogP contribution in [0.15, 0.2) is 4.99 Å². The lowest BCUT2D eigenvalue weighted by atomic mass is 9.89. The summed E-state index contributed by atoms with van der Waals surface area (Å²) in [5.74, 6) is 0.769. The van der Waals surface area contributed by atoms with E-state index in [1.165, 1.54) is 0 Å². The molecule has 0 saturated carbocycles. The number of nitrogens with zero attached hydrogens (tertiary/aromatic N) is 1. The van der Waals surface area contributed by atoms with Gasteiger partial charge in [-0.25, -0.2) is 0 Å². The lowest BCUT2D eigenvalue weighted by molar-refractivity contribution is 0.0202. The van der Waals surface area contributed by atoms with Crippen molar-refractivity contribution in [3.63, 3.8) is 0 Å². The fourth-order valence-electron chi connectivity index (χ4n) is 2.33. The standard InChI is InChI=1S/C16H33N3O3/c1-12(10-22-13-7-8-21-11-13)19-15(17-5)18-9-14(20-6)16(2,3)4/h12-14H,7-11H2,1-6H3,(H2,17,18,19). The topological polar surface area (TPSA) is 64.1 Å². The SMILES string of the molecule is CN=C(NCC(OC)C(C)(C)C)NC(C)COC1CCOC1. The van der Waals surface area contributed by atoms with Crippen molar-refractivity contribution >= 4 is 5.96 Å². The molecule has 3 atom stereocenters. The van der Waals surface area contributed by atoms with Crippen molar-refractivity contribution in [2.45, 2.75) is 52.4 Å². The van der Waals surface area contributed by atoms with Crippen molar-refractivity contribution < 1.29 is 14.2 Å². The number of ether oxygens (including phenoxy) is 3. The molecule has 0 aliphatic carbocycles. The zero-order valence-electron chi connectivity index (χ0n) is 14.9. The van der Waals surface area contributed by atoms with Crippen LogP contribution < -0.4 is 10.6 Å². The van der Waals surface area contributed by atoms with Gasteiger partial charge >= 0.3 is 0 Å². The van der Waals surface area contributed by atoms with Gasteiger partial charge in [0.1, 0.15) is 0 Å². The molecule has 0 aromatic carbocycles. The van der Waals surface area contributed by atoms with Gasteiger partial charge in [-0.2, -0.15) is 0 Å². The fraction of sp³-hybridized carbons (Fsp3) is 0.938. The first-order valence-corrected chi connectivity index (χ1v) is 8.06. The molecule has 0 aromatic heterocycles. The highest BCUT2D eigenvalue weighted by Gasteiger charge is 2.24. The van der Waals surface area contributed by atoms with Crippen molar-refractivity contribution in [3.05, 3.63) is 0 Å².